The third kappa shape index (κ3) is 3.86. The van der Waals surface area contributed by atoms with Crippen LogP contribution in [0.2, 0.25) is 5.02 Å². The van der Waals surface area contributed by atoms with Gasteiger partial charge in [0.25, 0.3) is 0 Å². The minimum atomic E-state index is -0.604. The summed E-state index contributed by atoms with van der Waals surface area (Å²) >= 11 is 7.05. The van der Waals surface area contributed by atoms with Crippen molar-refractivity contribution in [2.75, 3.05) is 10.2 Å². The number of hydrogen-bond donors (Lipinski definition) is 2. The molecule has 5 nitrogen and oxygen atoms in total. The maximum atomic E-state index is 12.6. The molecule has 7 heteroatoms. The van der Waals surface area contributed by atoms with Gasteiger partial charge in [0.15, 0.2) is 5.17 Å². The van der Waals surface area contributed by atoms with E-state index in [0.29, 0.717) is 16.4 Å². The number of nitrogens with zero attached hydrogens (tertiary/aromatic N) is 1. The van der Waals surface area contributed by atoms with E-state index in [-0.39, 0.29) is 23.4 Å². The molecule has 1 aliphatic heterocycles. The lowest BCUT2D eigenvalue weighted by Crippen LogP contribution is -2.33. The summed E-state index contributed by atoms with van der Waals surface area (Å²) in [5.74, 6) is -0.530. The van der Waals surface area contributed by atoms with Gasteiger partial charge < -0.3 is 5.32 Å². The number of nitrogens with one attached hydrogen (secondary N) is 2. The summed E-state index contributed by atoms with van der Waals surface area (Å²) in [6.07, 6.45) is 0.00116. The molecule has 25 heavy (non-hydrogen) atoms. The summed E-state index contributed by atoms with van der Waals surface area (Å²) in [6, 6.07) is 14.2. The fraction of sp³-hybridized carbons (Fsp3) is 0.167. The van der Waals surface area contributed by atoms with E-state index < -0.39 is 5.25 Å². The molecule has 1 heterocycles. The van der Waals surface area contributed by atoms with Crippen LogP contribution in [0.4, 0.5) is 11.4 Å². The van der Waals surface area contributed by atoms with Crippen molar-refractivity contribution in [2.24, 2.45) is 0 Å². The van der Waals surface area contributed by atoms with Gasteiger partial charge in [-0.2, -0.15) is 0 Å². The second-order valence-electron chi connectivity index (χ2n) is 5.63. The second-order valence-corrected chi connectivity index (χ2v) is 7.26. The first kappa shape index (κ1) is 17.5. The summed E-state index contributed by atoms with van der Waals surface area (Å²) in [6.45, 7) is 1.87. The number of carbonyl (C=O) groups excluding carboxylic acids is 2. The number of rotatable bonds is 4. The van der Waals surface area contributed by atoms with E-state index in [4.69, 9.17) is 17.0 Å². The van der Waals surface area contributed by atoms with Gasteiger partial charge in [0, 0.05) is 17.1 Å². The van der Waals surface area contributed by atoms with Gasteiger partial charge in [0.1, 0.15) is 5.25 Å². The highest BCUT2D eigenvalue weighted by Crippen LogP contribution is 2.33. The molecule has 0 aromatic heterocycles. The molecule has 128 valence electrons. The number of benzene rings is 2. The molecular formula is C18H16ClN3O2S. The molecule has 0 saturated carbocycles. The summed E-state index contributed by atoms with van der Waals surface area (Å²) in [4.78, 5) is 26.2. The average Bonchev–Trinajstić information content (AvgIpc) is 2.85. The number of amidine groups is 1. The van der Waals surface area contributed by atoms with Gasteiger partial charge in [-0.05, 0) is 36.8 Å². The number of amides is 2. The highest BCUT2D eigenvalue weighted by molar-refractivity contribution is 8.16. The average molecular weight is 374 g/mol. The lowest BCUT2D eigenvalue weighted by atomic mass is 10.2. The summed E-state index contributed by atoms with van der Waals surface area (Å²) < 4.78 is 0. The van der Waals surface area contributed by atoms with Gasteiger partial charge in [0.2, 0.25) is 11.8 Å². The molecule has 1 atom stereocenters. The Kier molecular flexibility index (Phi) is 5.11. The molecule has 0 spiro atoms. The normalized spacial score (nSPS) is 17.0. The molecule has 1 aliphatic rings. The zero-order valence-corrected chi connectivity index (χ0v) is 15.0. The van der Waals surface area contributed by atoms with Crippen LogP contribution in [0.3, 0.4) is 0 Å². The quantitative estimate of drug-likeness (QED) is 0.848. The van der Waals surface area contributed by atoms with Crippen molar-refractivity contribution >= 4 is 51.7 Å². The lowest BCUT2D eigenvalue weighted by molar-refractivity contribution is -0.121. The predicted molar refractivity (Wildman–Crippen MR) is 102 cm³/mol. The van der Waals surface area contributed by atoms with Crippen LogP contribution in [0.5, 0.6) is 0 Å². The van der Waals surface area contributed by atoms with Crippen LogP contribution in [0.1, 0.15) is 12.0 Å². The molecule has 2 aromatic rings. The molecule has 2 aromatic carbocycles. The van der Waals surface area contributed by atoms with Crippen molar-refractivity contribution in [3.05, 3.63) is 59.1 Å². The Balaban J connectivity index is 1.69. The van der Waals surface area contributed by atoms with Gasteiger partial charge in [-0.25, -0.2) is 0 Å². The van der Waals surface area contributed by atoms with Gasteiger partial charge in [-0.3, -0.25) is 19.9 Å². The molecule has 0 radical (unpaired) electrons. The topological polar surface area (TPSA) is 73.3 Å². The van der Waals surface area contributed by atoms with Crippen molar-refractivity contribution in [2.45, 2.75) is 18.6 Å². The number of carbonyl (C=O) groups is 2. The Morgan fingerprint density at radius 2 is 2.00 bits per heavy atom. The van der Waals surface area contributed by atoms with Crippen LogP contribution < -0.4 is 10.2 Å². The van der Waals surface area contributed by atoms with Crippen molar-refractivity contribution < 1.29 is 9.59 Å². The first-order chi connectivity index (χ1) is 12.0. The number of halogens is 1. The number of para-hydroxylation sites is 1. The van der Waals surface area contributed by atoms with E-state index in [0.717, 1.165) is 17.3 Å². The monoisotopic (exact) mass is 373 g/mol. The minimum absolute atomic E-state index is 0.00116. The zero-order valence-electron chi connectivity index (χ0n) is 13.5. The Labute approximate surface area is 154 Å². The van der Waals surface area contributed by atoms with E-state index >= 15 is 0 Å². The SMILES string of the molecule is Cc1ccc(Cl)cc1NC(=O)CC1SC(=N)N(c2ccccc2)C1=O. The van der Waals surface area contributed by atoms with Crippen LogP contribution in [-0.4, -0.2) is 22.2 Å². The van der Waals surface area contributed by atoms with E-state index in [2.05, 4.69) is 5.32 Å². The lowest BCUT2D eigenvalue weighted by Gasteiger charge is -2.15. The largest absolute Gasteiger partial charge is 0.326 e. The standard InChI is InChI=1S/C18H16ClN3O2S/c1-11-7-8-12(19)9-14(11)21-16(23)10-15-17(24)22(18(20)25-15)13-5-3-2-4-6-13/h2-9,15,20H,10H2,1H3,(H,21,23). The molecule has 2 amide bonds. The molecule has 2 N–H and O–H groups in total. The Morgan fingerprint density at radius 3 is 2.72 bits per heavy atom. The van der Waals surface area contributed by atoms with Crippen molar-refractivity contribution in [1.29, 1.82) is 5.41 Å². The molecule has 1 unspecified atom stereocenters. The number of anilines is 2. The third-order valence-corrected chi connectivity index (χ3v) is 5.11. The predicted octanol–water partition coefficient (Wildman–Crippen LogP) is 4.06. The van der Waals surface area contributed by atoms with Crippen molar-refractivity contribution in [3.63, 3.8) is 0 Å². The highest BCUT2D eigenvalue weighted by Gasteiger charge is 2.39. The third-order valence-electron chi connectivity index (χ3n) is 3.81. The molecule has 1 fully saturated rings. The Bertz CT molecular complexity index is 841. The zero-order chi connectivity index (χ0) is 18.0. The molecule has 0 aliphatic carbocycles. The maximum absolute atomic E-state index is 12.6. The molecular weight excluding hydrogens is 358 g/mol. The number of hydrogen-bond acceptors (Lipinski definition) is 4. The first-order valence-corrected chi connectivity index (χ1v) is 8.91. The molecule has 3 rings (SSSR count). The van der Waals surface area contributed by atoms with Gasteiger partial charge in [0.05, 0.1) is 5.69 Å². The van der Waals surface area contributed by atoms with E-state index in [9.17, 15) is 9.59 Å². The van der Waals surface area contributed by atoms with E-state index in [1.54, 1.807) is 24.3 Å². The Morgan fingerprint density at radius 1 is 1.28 bits per heavy atom. The Hall–Kier alpha value is -2.31. The van der Waals surface area contributed by atoms with Crippen LogP contribution in [0, 0.1) is 12.3 Å². The molecule has 0 bridgehead atoms. The summed E-state index contributed by atoms with van der Waals surface area (Å²) in [5, 5.41) is 10.9. The summed E-state index contributed by atoms with van der Waals surface area (Å²) in [5.41, 5.74) is 2.16. The fourth-order valence-electron chi connectivity index (χ4n) is 2.53. The minimum Gasteiger partial charge on any atom is -0.326 e. The van der Waals surface area contributed by atoms with E-state index in [1.807, 2.05) is 31.2 Å². The van der Waals surface area contributed by atoms with Crippen LogP contribution in [0.25, 0.3) is 0 Å². The second kappa shape index (κ2) is 7.29. The van der Waals surface area contributed by atoms with Crippen molar-refractivity contribution in [3.8, 4) is 0 Å². The highest BCUT2D eigenvalue weighted by atomic mass is 35.5. The molecule has 1 saturated heterocycles. The van der Waals surface area contributed by atoms with Gasteiger partial charge >= 0.3 is 0 Å². The van der Waals surface area contributed by atoms with Gasteiger partial charge in [-0.1, -0.05) is 47.6 Å². The number of aryl methyl sites for hydroxylation is 1. The van der Waals surface area contributed by atoms with Crippen molar-refractivity contribution in [1.82, 2.24) is 0 Å². The van der Waals surface area contributed by atoms with Crippen LogP contribution in [-0.2, 0) is 9.59 Å². The fourth-order valence-corrected chi connectivity index (χ4v) is 3.71. The summed E-state index contributed by atoms with van der Waals surface area (Å²) in [7, 11) is 0. The maximum Gasteiger partial charge on any atom is 0.247 e. The van der Waals surface area contributed by atoms with Crippen LogP contribution >= 0.6 is 23.4 Å². The number of thioether (sulfide) groups is 1. The van der Waals surface area contributed by atoms with Gasteiger partial charge in [-0.15, -0.1) is 0 Å². The van der Waals surface area contributed by atoms with E-state index in [1.165, 1.54) is 4.90 Å². The first-order valence-electron chi connectivity index (χ1n) is 7.66. The smallest absolute Gasteiger partial charge is 0.247 e. The van der Waals surface area contributed by atoms with Crippen LogP contribution in [0.15, 0.2) is 48.5 Å².